The lowest BCUT2D eigenvalue weighted by molar-refractivity contribution is -0.117. The van der Waals surface area contributed by atoms with Gasteiger partial charge in [-0.3, -0.25) is 4.79 Å². The highest BCUT2D eigenvalue weighted by molar-refractivity contribution is 7.98. The Labute approximate surface area is 191 Å². The molecule has 3 aromatic rings. The van der Waals surface area contributed by atoms with E-state index in [0.717, 1.165) is 23.6 Å². The van der Waals surface area contributed by atoms with Crippen molar-refractivity contribution in [2.45, 2.75) is 23.8 Å². The van der Waals surface area contributed by atoms with Gasteiger partial charge in [0.1, 0.15) is 16.8 Å². The summed E-state index contributed by atoms with van der Waals surface area (Å²) in [6.07, 6.45) is 2.93. The predicted octanol–water partition coefficient (Wildman–Crippen LogP) is 4.44. The van der Waals surface area contributed by atoms with Gasteiger partial charge in [-0.15, -0.1) is 0 Å². The van der Waals surface area contributed by atoms with Crippen LogP contribution in [0.1, 0.15) is 17.5 Å². The Morgan fingerprint density at radius 3 is 2.53 bits per heavy atom. The van der Waals surface area contributed by atoms with Crippen LogP contribution < -0.4 is 10.0 Å². The molecule has 0 spiro atoms. The Morgan fingerprint density at radius 1 is 1.03 bits per heavy atom. The molecule has 0 radical (unpaired) electrons. The Kier molecular flexibility index (Phi) is 6.64. The normalized spacial score (nSPS) is 13.3. The molecule has 0 aliphatic heterocycles. The molecule has 0 saturated carbocycles. The summed E-state index contributed by atoms with van der Waals surface area (Å²) in [5.74, 6) is -0.770. The number of carbonyl (C=O) groups excluding carboxylic acids is 1. The summed E-state index contributed by atoms with van der Waals surface area (Å²) < 4.78 is 41.9. The van der Waals surface area contributed by atoms with E-state index in [-0.39, 0.29) is 6.42 Å². The van der Waals surface area contributed by atoms with E-state index in [9.17, 15) is 17.6 Å². The highest BCUT2D eigenvalue weighted by atomic mass is 32.2. The van der Waals surface area contributed by atoms with E-state index in [1.165, 1.54) is 41.1 Å². The second-order valence-corrected chi connectivity index (χ2v) is 10.2. The fourth-order valence-corrected chi connectivity index (χ4v) is 5.63. The van der Waals surface area contributed by atoms with E-state index >= 15 is 0 Å². The van der Waals surface area contributed by atoms with Crippen LogP contribution in [0, 0.1) is 5.82 Å². The van der Waals surface area contributed by atoms with Gasteiger partial charge < -0.3 is 5.32 Å². The lowest BCUT2D eigenvalue weighted by Crippen LogP contribution is -2.44. The van der Waals surface area contributed by atoms with Crippen LogP contribution >= 0.6 is 11.8 Å². The van der Waals surface area contributed by atoms with Gasteiger partial charge in [0, 0.05) is 5.69 Å². The van der Waals surface area contributed by atoms with Crippen molar-refractivity contribution in [2.24, 2.45) is 0 Å². The van der Waals surface area contributed by atoms with Crippen LogP contribution in [0.4, 0.5) is 10.1 Å². The van der Waals surface area contributed by atoms with Gasteiger partial charge >= 0.3 is 0 Å². The SMILES string of the molecule is CSCCC(NS(=O)(=O)c1ccccc1F)C(=O)Nc1ccc2c(c1)Cc1ccccc1-2. The molecule has 0 bridgehead atoms. The molecule has 2 N–H and O–H groups in total. The topological polar surface area (TPSA) is 75.3 Å². The summed E-state index contributed by atoms with van der Waals surface area (Å²) in [7, 11) is -4.20. The van der Waals surface area contributed by atoms with Gasteiger partial charge in [-0.1, -0.05) is 42.5 Å². The van der Waals surface area contributed by atoms with E-state index < -0.39 is 32.7 Å². The zero-order valence-corrected chi connectivity index (χ0v) is 19.1. The van der Waals surface area contributed by atoms with E-state index in [0.29, 0.717) is 11.4 Å². The van der Waals surface area contributed by atoms with Crippen LogP contribution in [0.15, 0.2) is 71.6 Å². The molecule has 0 fully saturated rings. The third-order valence-corrected chi connectivity index (χ3v) is 7.56. The largest absolute Gasteiger partial charge is 0.325 e. The molecule has 0 aromatic heterocycles. The summed E-state index contributed by atoms with van der Waals surface area (Å²) >= 11 is 1.50. The standard InChI is InChI=1S/C24H23FN2O3S2/c1-31-13-12-22(27-32(29,30)23-9-5-4-8-21(23)25)24(28)26-18-10-11-20-17(15-18)14-16-6-2-3-7-19(16)20/h2-11,15,22,27H,12-14H2,1H3,(H,26,28). The number of sulfonamides is 1. The Morgan fingerprint density at radius 2 is 1.75 bits per heavy atom. The van der Waals surface area contributed by atoms with E-state index in [1.54, 1.807) is 0 Å². The Balaban J connectivity index is 1.53. The molecule has 1 aliphatic rings. The number of nitrogens with one attached hydrogen (secondary N) is 2. The fourth-order valence-electron chi connectivity index (χ4n) is 3.84. The van der Waals surface area contributed by atoms with Crippen LogP contribution in [0.3, 0.4) is 0 Å². The molecule has 166 valence electrons. The predicted molar refractivity (Wildman–Crippen MR) is 127 cm³/mol. The molecule has 0 heterocycles. The van der Waals surface area contributed by atoms with E-state index in [1.807, 2.05) is 36.6 Å². The van der Waals surface area contributed by atoms with E-state index in [2.05, 4.69) is 22.2 Å². The molecule has 8 heteroatoms. The minimum absolute atomic E-state index is 0.275. The zero-order chi connectivity index (χ0) is 22.7. The smallest absolute Gasteiger partial charge is 0.244 e. The lowest BCUT2D eigenvalue weighted by atomic mass is 10.1. The van der Waals surface area contributed by atoms with Crippen molar-refractivity contribution in [3.05, 3.63) is 83.7 Å². The number of benzene rings is 3. The van der Waals surface area contributed by atoms with Crippen molar-refractivity contribution >= 4 is 33.4 Å². The molecule has 5 nitrogen and oxygen atoms in total. The lowest BCUT2D eigenvalue weighted by Gasteiger charge is -2.19. The minimum Gasteiger partial charge on any atom is -0.325 e. The molecule has 0 saturated heterocycles. The molecule has 4 rings (SSSR count). The average Bonchev–Trinajstić information content (AvgIpc) is 3.14. The molecule has 32 heavy (non-hydrogen) atoms. The van der Waals surface area contributed by atoms with Crippen molar-refractivity contribution in [2.75, 3.05) is 17.3 Å². The van der Waals surface area contributed by atoms with Gasteiger partial charge in [0.25, 0.3) is 0 Å². The summed E-state index contributed by atoms with van der Waals surface area (Å²) in [5.41, 5.74) is 5.27. The fraction of sp³-hybridized carbons (Fsp3) is 0.208. The molecular formula is C24H23FN2O3S2. The maximum Gasteiger partial charge on any atom is 0.244 e. The number of anilines is 1. The monoisotopic (exact) mass is 470 g/mol. The first-order chi connectivity index (χ1) is 15.4. The summed E-state index contributed by atoms with van der Waals surface area (Å²) in [6.45, 7) is 0. The molecule has 1 amide bonds. The highest BCUT2D eigenvalue weighted by Crippen LogP contribution is 2.37. The number of thioether (sulfide) groups is 1. The van der Waals surface area contributed by atoms with Gasteiger partial charge in [-0.2, -0.15) is 16.5 Å². The number of hydrogen-bond donors (Lipinski definition) is 2. The quantitative estimate of drug-likeness (QED) is 0.399. The number of hydrogen-bond acceptors (Lipinski definition) is 4. The second-order valence-electron chi connectivity index (χ2n) is 7.58. The number of carbonyl (C=O) groups is 1. The number of rotatable bonds is 8. The van der Waals surface area contributed by atoms with Gasteiger partial charge in [-0.05, 0) is 71.4 Å². The molecule has 3 aromatic carbocycles. The average molecular weight is 471 g/mol. The highest BCUT2D eigenvalue weighted by Gasteiger charge is 2.28. The summed E-state index contributed by atoms with van der Waals surface area (Å²) in [4.78, 5) is 12.5. The van der Waals surface area contributed by atoms with Crippen LogP contribution in [0.5, 0.6) is 0 Å². The summed E-state index contributed by atoms with van der Waals surface area (Å²) in [6, 6.07) is 18.0. The van der Waals surface area contributed by atoms with Crippen molar-refractivity contribution in [3.63, 3.8) is 0 Å². The minimum atomic E-state index is -4.20. The first-order valence-corrected chi connectivity index (χ1v) is 13.0. The molecule has 1 unspecified atom stereocenters. The number of amides is 1. The van der Waals surface area contributed by atoms with Crippen LogP contribution in [-0.2, 0) is 21.2 Å². The van der Waals surface area contributed by atoms with Gasteiger partial charge in [-0.25, -0.2) is 12.8 Å². The van der Waals surface area contributed by atoms with Crippen LogP contribution in [-0.4, -0.2) is 32.4 Å². The zero-order valence-electron chi connectivity index (χ0n) is 17.5. The van der Waals surface area contributed by atoms with Crippen molar-refractivity contribution < 1.29 is 17.6 Å². The number of fused-ring (bicyclic) bond motifs is 3. The first kappa shape index (κ1) is 22.5. The van der Waals surface area contributed by atoms with Gasteiger partial charge in [0.05, 0.1) is 0 Å². The maximum atomic E-state index is 14.1. The van der Waals surface area contributed by atoms with Crippen molar-refractivity contribution in [3.8, 4) is 11.1 Å². The van der Waals surface area contributed by atoms with Gasteiger partial charge in [0.15, 0.2) is 0 Å². The van der Waals surface area contributed by atoms with Crippen molar-refractivity contribution in [1.82, 2.24) is 4.72 Å². The number of halogens is 1. The first-order valence-electron chi connectivity index (χ1n) is 10.2. The Hall–Kier alpha value is -2.68. The summed E-state index contributed by atoms with van der Waals surface area (Å²) in [5, 5.41) is 2.83. The van der Waals surface area contributed by atoms with Crippen LogP contribution in [0.25, 0.3) is 11.1 Å². The van der Waals surface area contributed by atoms with Crippen molar-refractivity contribution in [1.29, 1.82) is 0 Å². The third kappa shape index (κ3) is 4.72. The van der Waals surface area contributed by atoms with Gasteiger partial charge in [0.2, 0.25) is 15.9 Å². The molecular weight excluding hydrogens is 447 g/mol. The van der Waals surface area contributed by atoms with E-state index in [4.69, 9.17) is 0 Å². The molecule has 1 atom stereocenters. The second kappa shape index (κ2) is 9.44. The third-order valence-electron chi connectivity index (χ3n) is 5.41. The molecule has 1 aliphatic carbocycles. The maximum absolute atomic E-state index is 14.1. The Bertz CT molecular complexity index is 1260. The van der Waals surface area contributed by atoms with Crippen LogP contribution in [0.2, 0.25) is 0 Å².